The van der Waals surface area contributed by atoms with Crippen molar-refractivity contribution in [3.63, 3.8) is 0 Å². The van der Waals surface area contributed by atoms with Crippen molar-refractivity contribution >= 4 is 46.0 Å². The molecule has 4 N–H and O–H groups in total. The number of anilines is 2. The van der Waals surface area contributed by atoms with Crippen molar-refractivity contribution < 1.29 is 9.59 Å². The van der Waals surface area contributed by atoms with Crippen molar-refractivity contribution in [1.82, 2.24) is 14.5 Å². The van der Waals surface area contributed by atoms with Crippen molar-refractivity contribution in [3.05, 3.63) is 40.7 Å². The molecule has 1 amide bonds. The van der Waals surface area contributed by atoms with Crippen molar-refractivity contribution in [2.24, 2.45) is 18.7 Å². The fourth-order valence-corrected chi connectivity index (χ4v) is 4.99. The van der Waals surface area contributed by atoms with Gasteiger partial charge in [0.25, 0.3) is 0 Å². The number of halogens is 1. The number of imidazole rings is 1. The predicted molar refractivity (Wildman–Crippen MR) is 121 cm³/mol. The number of nitrogens with zero attached hydrogens (tertiary/aromatic N) is 3. The third-order valence-electron chi connectivity index (χ3n) is 6.55. The maximum atomic E-state index is 13.4. The number of nitrogens with one attached hydrogen (secondary N) is 2. The summed E-state index contributed by atoms with van der Waals surface area (Å²) in [5.41, 5.74) is 8.30. The van der Waals surface area contributed by atoms with Crippen LogP contribution >= 0.6 is 11.6 Å². The minimum atomic E-state index is -0.818. The number of benzene rings is 1. The van der Waals surface area contributed by atoms with Crippen molar-refractivity contribution in [2.45, 2.75) is 37.8 Å². The summed E-state index contributed by atoms with van der Waals surface area (Å²) in [5.74, 6) is -0.340. The molecule has 1 aromatic carbocycles. The third-order valence-corrected chi connectivity index (χ3v) is 6.88. The molecule has 3 heterocycles. The molecular weight excluding hydrogens is 416 g/mol. The molecule has 0 radical (unpaired) electrons. The molecule has 0 saturated heterocycles. The van der Waals surface area contributed by atoms with Crippen LogP contribution in [0.25, 0.3) is 10.9 Å². The molecule has 3 aromatic rings. The summed E-state index contributed by atoms with van der Waals surface area (Å²) in [5, 5.41) is 4.89. The molecule has 1 aliphatic carbocycles. The SMILES string of the molecule is CN1C(=O)C(Cc2cc3c(Cl)cccc3[nH]2)C(=O)c2c1nc(N[C@@H]1CCC[C@@H]1N)n2C. The molecule has 8 nitrogen and oxygen atoms in total. The third kappa shape index (κ3) is 3.21. The molecule has 162 valence electrons. The molecule has 1 fully saturated rings. The highest BCUT2D eigenvalue weighted by atomic mass is 35.5. The average Bonchev–Trinajstić information content (AvgIpc) is 3.43. The Labute approximate surface area is 184 Å². The first-order valence-corrected chi connectivity index (χ1v) is 10.9. The molecule has 1 saturated carbocycles. The molecule has 1 unspecified atom stereocenters. The van der Waals surface area contributed by atoms with Crippen LogP contribution in [0.5, 0.6) is 0 Å². The first-order chi connectivity index (χ1) is 14.8. The van der Waals surface area contributed by atoms with E-state index in [1.807, 2.05) is 24.3 Å². The predicted octanol–water partition coefficient (Wildman–Crippen LogP) is 2.86. The Kier molecular flexibility index (Phi) is 4.79. The Hall–Kier alpha value is -2.84. The van der Waals surface area contributed by atoms with Gasteiger partial charge >= 0.3 is 0 Å². The van der Waals surface area contributed by atoms with Gasteiger partial charge in [-0.05, 0) is 37.5 Å². The number of aromatic amines is 1. The number of carbonyl (C=O) groups is 2. The summed E-state index contributed by atoms with van der Waals surface area (Å²) in [6, 6.07) is 7.69. The summed E-state index contributed by atoms with van der Waals surface area (Å²) in [6.45, 7) is 0. The Morgan fingerprint density at radius 1 is 1.29 bits per heavy atom. The topological polar surface area (TPSA) is 109 Å². The molecule has 1 aliphatic heterocycles. The van der Waals surface area contributed by atoms with Crippen LogP contribution in [0.1, 0.15) is 35.4 Å². The van der Waals surface area contributed by atoms with Crippen LogP contribution in [0.3, 0.4) is 0 Å². The lowest BCUT2D eigenvalue weighted by molar-refractivity contribution is -0.121. The van der Waals surface area contributed by atoms with E-state index in [-0.39, 0.29) is 30.2 Å². The number of rotatable bonds is 4. The molecule has 9 heteroatoms. The van der Waals surface area contributed by atoms with Gasteiger partial charge in [0, 0.05) is 54.2 Å². The number of amides is 1. The van der Waals surface area contributed by atoms with Gasteiger partial charge in [-0.2, -0.15) is 4.98 Å². The molecule has 3 atom stereocenters. The molecule has 5 rings (SSSR count). The summed E-state index contributed by atoms with van der Waals surface area (Å²) in [4.78, 5) is 35.8. The highest BCUT2D eigenvalue weighted by molar-refractivity contribution is 6.35. The number of hydrogen-bond donors (Lipinski definition) is 3. The van der Waals surface area contributed by atoms with Gasteiger partial charge in [-0.3, -0.25) is 14.5 Å². The van der Waals surface area contributed by atoms with Crippen molar-refractivity contribution in [2.75, 3.05) is 17.3 Å². The van der Waals surface area contributed by atoms with Crippen LogP contribution in [0.4, 0.5) is 11.8 Å². The normalized spacial score (nSPS) is 23.6. The Morgan fingerprint density at radius 2 is 2.10 bits per heavy atom. The second kappa shape index (κ2) is 7.39. The number of carbonyl (C=O) groups excluding carboxylic acids is 2. The fraction of sp³-hybridized carbons (Fsp3) is 0.409. The molecule has 2 aromatic heterocycles. The van der Waals surface area contributed by atoms with Gasteiger partial charge in [0.1, 0.15) is 11.6 Å². The van der Waals surface area contributed by atoms with E-state index in [0.29, 0.717) is 22.5 Å². The number of fused-ring (bicyclic) bond motifs is 2. The number of nitrogens with two attached hydrogens (primary N) is 1. The highest BCUT2D eigenvalue weighted by Gasteiger charge is 2.42. The van der Waals surface area contributed by atoms with E-state index in [2.05, 4.69) is 15.3 Å². The quantitative estimate of drug-likeness (QED) is 0.540. The van der Waals surface area contributed by atoms with Gasteiger partial charge in [0.05, 0.1) is 0 Å². The van der Waals surface area contributed by atoms with Crippen LogP contribution in [0, 0.1) is 5.92 Å². The van der Waals surface area contributed by atoms with E-state index in [1.54, 1.807) is 18.7 Å². The number of Topliss-reactive ketones (excluding diaryl/α,β-unsaturated/α-hetero) is 1. The average molecular weight is 441 g/mol. The summed E-state index contributed by atoms with van der Waals surface area (Å²) < 4.78 is 1.75. The van der Waals surface area contributed by atoms with Gasteiger partial charge in [0.2, 0.25) is 11.9 Å². The lowest BCUT2D eigenvalue weighted by Gasteiger charge is -2.27. The second-order valence-electron chi connectivity index (χ2n) is 8.53. The van der Waals surface area contributed by atoms with Crippen molar-refractivity contribution in [3.8, 4) is 0 Å². The maximum absolute atomic E-state index is 13.4. The lowest BCUT2D eigenvalue weighted by Crippen LogP contribution is -2.44. The highest BCUT2D eigenvalue weighted by Crippen LogP contribution is 2.34. The minimum absolute atomic E-state index is 0.0605. The number of hydrogen-bond acceptors (Lipinski definition) is 5. The van der Waals surface area contributed by atoms with E-state index in [9.17, 15) is 9.59 Å². The van der Waals surface area contributed by atoms with E-state index in [0.717, 1.165) is 35.9 Å². The first kappa shape index (κ1) is 20.1. The van der Waals surface area contributed by atoms with Crippen LogP contribution in [0.15, 0.2) is 24.3 Å². The number of ketones is 1. The van der Waals surface area contributed by atoms with Crippen LogP contribution < -0.4 is 16.0 Å². The zero-order chi connectivity index (χ0) is 21.9. The molecular formula is C22H25ClN6O2. The summed E-state index contributed by atoms with van der Waals surface area (Å²) in [6.07, 6.45) is 3.27. The fourth-order valence-electron chi connectivity index (χ4n) is 4.76. The second-order valence-corrected chi connectivity index (χ2v) is 8.93. The summed E-state index contributed by atoms with van der Waals surface area (Å²) in [7, 11) is 3.47. The largest absolute Gasteiger partial charge is 0.358 e. The van der Waals surface area contributed by atoms with Gasteiger partial charge in [0.15, 0.2) is 11.6 Å². The van der Waals surface area contributed by atoms with E-state index in [4.69, 9.17) is 17.3 Å². The van der Waals surface area contributed by atoms with Crippen molar-refractivity contribution in [1.29, 1.82) is 0 Å². The Bertz CT molecular complexity index is 1200. The maximum Gasteiger partial charge on any atom is 0.239 e. The zero-order valence-electron chi connectivity index (χ0n) is 17.5. The molecule has 2 aliphatic rings. The van der Waals surface area contributed by atoms with Crippen LogP contribution in [0.2, 0.25) is 5.02 Å². The minimum Gasteiger partial charge on any atom is -0.358 e. The smallest absolute Gasteiger partial charge is 0.239 e. The Balaban J connectivity index is 1.46. The Morgan fingerprint density at radius 3 is 2.81 bits per heavy atom. The summed E-state index contributed by atoms with van der Waals surface area (Å²) >= 11 is 6.27. The first-order valence-electron chi connectivity index (χ1n) is 10.5. The molecule has 31 heavy (non-hydrogen) atoms. The lowest BCUT2D eigenvalue weighted by atomic mass is 9.91. The van der Waals surface area contributed by atoms with Gasteiger partial charge in [-0.1, -0.05) is 17.7 Å². The molecule has 0 spiro atoms. The van der Waals surface area contributed by atoms with Gasteiger partial charge in [-0.15, -0.1) is 0 Å². The zero-order valence-corrected chi connectivity index (χ0v) is 18.2. The number of aromatic nitrogens is 3. The van der Waals surface area contributed by atoms with Gasteiger partial charge in [-0.25, -0.2) is 0 Å². The van der Waals surface area contributed by atoms with Crippen LogP contribution in [-0.4, -0.2) is 45.4 Å². The monoisotopic (exact) mass is 440 g/mol. The van der Waals surface area contributed by atoms with E-state index >= 15 is 0 Å². The van der Waals surface area contributed by atoms with E-state index in [1.165, 1.54) is 4.90 Å². The van der Waals surface area contributed by atoms with E-state index < -0.39 is 5.92 Å². The number of H-pyrrole nitrogens is 1. The van der Waals surface area contributed by atoms with Crippen LogP contribution in [-0.2, 0) is 18.3 Å². The molecule has 0 bridgehead atoms. The standard InChI is InChI=1S/C22H25ClN6O2/c1-28-18-19(30)13(10-11-9-12-14(23)5-3-7-16(12)25-11)21(31)29(2)20(18)27-22(28)26-17-8-4-6-15(17)24/h3,5,7,9,13,15,17,25H,4,6,8,10,24H2,1-2H3,(H,26,27)/t13?,15-,17+/m0/s1. The van der Waals surface area contributed by atoms with Gasteiger partial charge < -0.3 is 20.6 Å².